The Kier molecular flexibility index (Phi) is 5.45. The molecule has 23 heavy (non-hydrogen) atoms. The zero-order valence-electron chi connectivity index (χ0n) is 12.5. The summed E-state index contributed by atoms with van der Waals surface area (Å²) in [6.07, 6.45) is 0.189. The van der Waals surface area contributed by atoms with Crippen LogP contribution in [0.4, 0.5) is 8.78 Å². The fourth-order valence-corrected chi connectivity index (χ4v) is 3.73. The molecule has 0 aliphatic rings. The van der Waals surface area contributed by atoms with E-state index in [1.807, 2.05) is 0 Å². The van der Waals surface area contributed by atoms with Crippen molar-refractivity contribution in [3.63, 3.8) is 0 Å². The van der Waals surface area contributed by atoms with Gasteiger partial charge in [-0.1, -0.05) is 6.07 Å². The van der Waals surface area contributed by atoms with E-state index in [-0.39, 0.29) is 24.3 Å². The van der Waals surface area contributed by atoms with Crippen LogP contribution in [0.5, 0.6) is 0 Å². The summed E-state index contributed by atoms with van der Waals surface area (Å²) in [5, 5.41) is 11.3. The van der Waals surface area contributed by atoms with Gasteiger partial charge in [0.25, 0.3) is 0 Å². The number of rotatable bonds is 6. The zero-order valence-corrected chi connectivity index (χ0v) is 14.2. The molecule has 0 fully saturated rings. The number of benzene rings is 1. The van der Waals surface area contributed by atoms with E-state index in [1.54, 1.807) is 0 Å². The maximum absolute atomic E-state index is 13.8. The number of aromatic nitrogens is 1. The highest BCUT2D eigenvalue weighted by Crippen LogP contribution is 2.28. The van der Waals surface area contributed by atoms with Crippen molar-refractivity contribution in [1.29, 1.82) is 0 Å². The predicted octanol–water partition coefficient (Wildman–Crippen LogP) is 2.23. The van der Waals surface area contributed by atoms with Gasteiger partial charge in [0.1, 0.15) is 16.6 Å². The molecule has 2 aromatic rings. The van der Waals surface area contributed by atoms with Gasteiger partial charge in [0.2, 0.25) is 10.0 Å². The first-order valence-corrected chi connectivity index (χ1v) is 9.43. The fraction of sp³-hybridized carbons (Fsp3) is 0.357. The fourth-order valence-electron chi connectivity index (χ4n) is 2.00. The number of aliphatic hydroxyl groups excluding tert-OH is 1. The molecule has 2 rings (SSSR count). The second-order valence-electron chi connectivity index (χ2n) is 5.13. The van der Waals surface area contributed by atoms with Crippen molar-refractivity contribution >= 4 is 21.4 Å². The SMILES string of the molecule is CC(O)CN(Cc1nc(-c2c(F)cccc2F)cs1)S(C)(=O)=O. The van der Waals surface area contributed by atoms with Crippen LogP contribution in [0, 0.1) is 11.6 Å². The molecule has 1 heterocycles. The standard InChI is InChI=1S/C14H16F2N2O3S2/c1-9(19)6-18(23(2,20)21)7-13-17-12(8-22-13)14-10(15)4-3-5-11(14)16/h3-5,8-9,19H,6-7H2,1-2H3. The highest BCUT2D eigenvalue weighted by atomic mass is 32.2. The van der Waals surface area contributed by atoms with Crippen molar-refractivity contribution in [1.82, 2.24) is 9.29 Å². The summed E-state index contributed by atoms with van der Waals surface area (Å²) in [6.45, 7) is 1.33. The molecule has 1 atom stereocenters. The van der Waals surface area contributed by atoms with Crippen LogP contribution in [0.2, 0.25) is 0 Å². The summed E-state index contributed by atoms with van der Waals surface area (Å²) in [5.74, 6) is -1.46. The third-order valence-corrected chi connectivity index (χ3v) is 5.07. The summed E-state index contributed by atoms with van der Waals surface area (Å²) in [4.78, 5) is 4.11. The van der Waals surface area contributed by atoms with Gasteiger partial charge >= 0.3 is 0 Å². The van der Waals surface area contributed by atoms with E-state index in [9.17, 15) is 22.3 Å². The normalized spacial score (nSPS) is 13.5. The lowest BCUT2D eigenvalue weighted by atomic mass is 10.1. The number of nitrogens with zero attached hydrogens (tertiary/aromatic N) is 2. The predicted molar refractivity (Wildman–Crippen MR) is 84.4 cm³/mol. The molecule has 126 valence electrons. The van der Waals surface area contributed by atoms with Gasteiger partial charge in [0.15, 0.2) is 0 Å². The Morgan fingerprint density at radius 2 is 1.96 bits per heavy atom. The third kappa shape index (κ3) is 4.54. The molecule has 0 saturated heterocycles. The van der Waals surface area contributed by atoms with Crippen molar-refractivity contribution in [2.24, 2.45) is 0 Å². The van der Waals surface area contributed by atoms with Crippen LogP contribution < -0.4 is 0 Å². The minimum Gasteiger partial charge on any atom is -0.392 e. The molecule has 0 spiro atoms. The van der Waals surface area contributed by atoms with E-state index >= 15 is 0 Å². The molecule has 1 unspecified atom stereocenters. The van der Waals surface area contributed by atoms with Crippen LogP contribution in [-0.4, -0.2) is 41.7 Å². The lowest BCUT2D eigenvalue weighted by Gasteiger charge is -2.20. The van der Waals surface area contributed by atoms with Crippen LogP contribution in [0.1, 0.15) is 11.9 Å². The van der Waals surface area contributed by atoms with Crippen LogP contribution in [0.15, 0.2) is 23.6 Å². The van der Waals surface area contributed by atoms with E-state index in [0.717, 1.165) is 34.0 Å². The molecule has 0 saturated carbocycles. The van der Waals surface area contributed by atoms with Gasteiger partial charge in [-0.2, -0.15) is 4.31 Å². The van der Waals surface area contributed by atoms with Gasteiger partial charge in [-0.05, 0) is 19.1 Å². The van der Waals surface area contributed by atoms with E-state index in [4.69, 9.17) is 0 Å². The lowest BCUT2D eigenvalue weighted by molar-refractivity contribution is 0.161. The van der Waals surface area contributed by atoms with Gasteiger partial charge in [0, 0.05) is 11.9 Å². The maximum atomic E-state index is 13.8. The monoisotopic (exact) mass is 362 g/mol. The van der Waals surface area contributed by atoms with Gasteiger partial charge in [0.05, 0.1) is 30.2 Å². The Hall–Kier alpha value is -1.42. The largest absolute Gasteiger partial charge is 0.392 e. The zero-order chi connectivity index (χ0) is 17.2. The highest BCUT2D eigenvalue weighted by Gasteiger charge is 2.21. The Morgan fingerprint density at radius 1 is 1.35 bits per heavy atom. The van der Waals surface area contributed by atoms with Gasteiger partial charge in [-0.15, -0.1) is 11.3 Å². The number of hydrogen-bond donors (Lipinski definition) is 1. The summed E-state index contributed by atoms with van der Waals surface area (Å²) < 4.78 is 52.0. The molecule has 1 aromatic heterocycles. The number of thiazole rings is 1. The van der Waals surface area contributed by atoms with Crippen molar-refractivity contribution in [2.75, 3.05) is 12.8 Å². The van der Waals surface area contributed by atoms with Gasteiger partial charge in [-0.3, -0.25) is 0 Å². The summed E-state index contributed by atoms with van der Waals surface area (Å²) in [7, 11) is -3.54. The molecule has 1 N–H and O–H groups in total. The Bertz CT molecular complexity index is 771. The van der Waals surface area contributed by atoms with Gasteiger partial charge < -0.3 is 5.11 Å². The second-order valence-corrected chi connectivity index (χ2v) is 8.05. The van der Waals surface area contributed by atoms with E-state index in [2.05, 4.69) is 4.98 Å². The van der Waals surface area contributed by atoms with Crippen molar-refractivity contribution < 1.29 is 22.3 Å². The summed E-state index contributed by atoms with van der Waals surface area (Å²) in [6, 6.07) is 3.52. The molecule has 0 radical (unpaired) electrons. The minimum atomic E-state index is -3.54. The highest BCUT2D eigenvalue weighted by molar-refractivity contribution is 7.88. The van der Waals surface area contributed by atoms with Crippen LogP contribution in [0.25, 0.3) is 11.3 Å². The molecular weight excluding hydrogens is 346 g/mol. The first-order chi connectivity index (χ1) is 10.7. The van der Waals surface area contributed by atoms with Crippen molar-refractivity contribution in [3.05, 3.63) is 40.2 Å². The second kappa shape index (κ2) is 7.00. The first-order valence-electron chi connectivity index (χ1n) is 6.70. The maximum Gasteiger partial charge on any atom is 0.211 e. The molecule has 0 aliphatic carbocycles. The average molecular weight is 362 g/mol. The number of halogens is 2. The topological polar surface area (TPSA) is 70.5 Å². The lowest BCUT2D eigenvalue weighted by Crippen LogP contribution is -2.35. The molecule has 0 aliphatic heterocycles. The van der Waals surface area contributed by atoms with E-state index < -0.39 is 27.8 Å². The number of hydrogen-bond acceptors (Lipinski definition) is 5. The first kappa shape index (κ1) is 17.9. The van der Waals surface area contributed by atoms with E-state index in [0.29, 0.717) is 5.01 Å². The number of aliphatic hydroxyl groups is 1. The number of sulfonamides is 1. The molecule has 0 bridgehead atoms. The molecule has 0 amide bonds. The average Bonchev–Trinajstić information content (AvgIpc) is 2.84. The quantitative estimate of drug-likeness (QED) is 0.856. The van der Waals surface area contributed by atoms with Crippen molar-refractivity contribution in [3.8, 4) is 11.3 Å². The molecular formula is C14H16F2N2O3S2. The van der Waals surface area contributed by atoms with Crippen LogP contribution in [0.3, 0.4) is 0 Å². The minimum absolute atomic E-state index is 0.0650. The van der Waals surface area contributed by atoms with Gasteiger partial charge in [-0.25, -0.2) is 22.2 Å². The smallest absolute Gasteiger partial charge is 0.211 e. The Balaban J connectivity index is 2.28. The Morgan fingerprint density at radius 3 is 2.48 bits per heavy atom. The third-order valence-electron chi connectivity index (χ3n) is 3.02. The molecule has 1 aromatic carbocycles. The summed E-state index contributed by atoms with van der Waals surface area (Å²) in [5.41, 5.74) is -0.123. The Labute approximate surface area is 137 Å². The van der Waals surface area contributed by atoms with Crippen molar-refractivity contribution in [2.45, 2.75) is 19.6 Å². The van der Waals surface area contributed by atoms with Crippen LogP contribution >= 0.6 is 11.3 Å². The summed E-state index contributed by atoms with van der Waals surface area (Å²) >= 11 is 1.10. The molecule has 9 heteroatoms. The van der Waals surface area contributed by atoms with Crippen LogP contribution in [-0.2, 0) is 16.6 Å². The van der Waals surface area contributed by atoms with E-state index in [1.165, 1.54) is 18.4 Å². The molecule has 5 nitrogen and oxygen atoms in total.